The number of nitrogens with zero attached hydrogens (tertiary/aromatic N) is 5. The number of hydrogen-bond acceptors (Lipinski definition) is 5. The quantitative estimate of drug-likeness (QED) is 0.378. The van der Waals surface area contributed by atoms with E-state index in [9.17, 15) is 9.18 Å². The Morgan fingerprint density at radius 1 is 1.06 bits per heavy atom. The van der Waals surface area contributed by atoms with Gasteiger partial charge in [0, 0.05) is 23.9 Å². The molecule has 0 bridgehead atoms. The molecule has 1 amide bonds. The van der Waals surface area contributed by atoms with E-state index in [-0.39, 0.29) is 5.91 Å². The Bertz CT molecular complexity index is 1600. The van der Waals surface area contributed by atoms with Gasteiger partial charge in [-0.15, -0.1) is 0 Å². The van der Waals surface area contributed by atoms with Gasteiger partial charge in [-0.1, -0.05) is 18.2 Å². The van der Waals surface area contributed by atoms with Gasteiger partial charge in [0.1, 0.15) is 18.5 Å². The fraction of sp³-hybridized carbons (Fsp3) is 0.0769. The van der Waals surface area contributed by atoms with Crippen molar-refractivity contribution >= 4 is 39.6 Å². The van der Waals surface area contributed by atoms with Crippen molar-refractivity contribution in [2.75, 3.05) is 10.6 Å². The molecule has 0 unspecified atom stereocenters. The number of nitrogens with one attached hydrogen (secondary N) is 2. The van der Waals surface area contributed by atoms with Gasteiger partial charge in [-0.3, -0.25) is 4.79 Å². The number of hydrogen-bond donors (Lipinski definition) is 2. The van der Waals surface area contributed by atoms with E-state index in [4.69, 9.17) is 0 Å². The fourth-order valence-electron chi connectivity index (χ4n) is 4.30. The molecule has 8 nitrogen and oxygen atoms in total. The standard InChI is InChI=1S/C26H20FN7O/c1-33-15-29-22-10-17(4-9-23(22)33)25(24-20-8-5-18(27)11-21(20)32-26(24)35)31-19-6-2-16(3-7-19)12-34-14-28-13-30-34/h2-11,13-15,31H,12H2,1H3,(H,32,35). The van der Waals surface area contributed by atoms with E-state index >= 15 is 0 Å². The molecule has 1 aliphatic rings. The number of fused-ring (bicyclic) bond motifs is 2. The third-order valence-electron chi connectivity index (χ3n) is 6.02. The number of aromatic nitrogens is 5. The number of amides is 1. The molecule has 0 fully saturated rings. The first kappa shape index (κ1) is 20.8. The summed E-state index contributed by atoms with van der Waals surface area (Å²) in [5.74, 6) is -0.699. The van der Waals surface area contributed by atoms with Gasteiger partial charge in [-0.05, 0) is 48.0 Å². The molecule has 2 aromatic heterocycles. The summed E-state index contributed by atoms with van der Waals surface area (Å²) in [4.78, 5) is 21.5. The van der Waals surface area contributed by atoms with Crippen LogP contribution in [0.15, 0.2) is 79.6 Å². The van der Waals surface area contributed by atoms with E-state index in [1.807, 2.05) is 54.1 Å². The van der Waals surface area contributed by atoms with Crippen LogP contribution in [0.25, 0.3) is 22.3 Å². The van der Waals surface area contributed by atoms with Crippen LogP contribution in [-0.4, -0.2) is 30.2 Å². The topological polar surface area (TPSA) is 89.7 Å². The van der Waals surface area contributed by atoms with Crippen LogP contribution in [0.1, 0.15) is 16.7 Å². The SMILES string of the molecule is Cn1cnc2cc(C(Nc3ccc(Cn4cncn4)cc3)=C3C(=O)Nc4cc(F)ccc43)ccc21. The maximum absolute atomic E-state index is 13.8. The lowest BCUT2D eigenvalue weighted by atomic mass is 9.99. The molecule has 5 aromatic rings. The Balaban J connectivity index is 1.44. The van der Waals surface area contributed by atoms with Crippen molar-refractivity contribution in [3.8, 4) is 0 Å². The number of rotatable bonds is 5. The molecule has 3 aromatic carbocycles. The van der Waals surface area contributed by atoms with Gasteiger partial charge in [0.25, 0.3) is 5.91 Å². The molecule has 3 heterocycles. The van der Waals surface area contributed by atoms with Crippen LogP contribution in [0.3, 0.4) is 0 Å². The van der Waals surface area contributed by atoms with Crippen molar-refractivity contribution < 1.29 is 9.18 Å². The van der Waals surface area contributed by atoms with Gasteiger partial charge in [0.15, 0.2) is 0 Å². The first-order valence-electron chi connectivity index (χ1n) is 11.0. The second-order valence-electron chi connectivity index (χ2n) is 8.37. The highest BCUT2D eigenvalue weighted by atomic mass is 19.1. The van der Waals surface area contributed by atoms with E-state index in [0.717, 1.165) is 27.8 Å². The lowest BCUT2D eigenvalue weighted by molar-refractivity contribution is -0.110. The molecule has 0 aliphatic carbocycles. The number of carbonyl (C=O) groups excluding carboxylic acids is 1. The summed E-state index contributed by atoms with van der Waals surface area (Å²) >= 11 is 0. The number of benzene rings is 3. The fourth-order valence-corrected chi connectivity index (χ4v) is 4.30. The lowest BCUT2D eigenvalue weighted by Gasteiger charge is -2.15. The molecular formula is C26H20FN7O. The first-order valence-corrected chi connectivity index (χ1v) is 11.0. The van der Waals surface area contributed by atoms with Crippen molar-refractivity contribution in [2.45, 2.75) is 6.54 Å². The maximum Gasteiger partial charge on any atom is 0.258 e. The number of halogens is 1. The molecule has 0 saturated carbocycles. The van der Waals surface area contributed by atoms with E-state index in [1.54, 1.807) is 23.4 Å². The summed E-state index contributed by atoms with van der Waals surface area (Å²) < 4.78 is 17.5. The van der Waals surface area contributed by atoms with Crippen LogP contribution in [0.2, 0.25) is 0 Å². The Morgan fingerprint density at radius 3 is 2.71 bits per heavy atom. The molecule has 1 aliphatic heterocycles. The molecule has 0 atom stereocenters. The van der Waals surface area contributed by atoms with E-state index in [2.05, 4.69) is 25.7 Å². The van der Waals surface area contributed by atoms with Crippen LogP contribution in [0.4, 0.5) is 15.8 Å². The van der Waals surface area contributed by atoms with Crippen LogP contribution in [-0.2, 0) is 18.4 Å². The third-order valence-corrected chi connectivity index (χ3v) is 6.02. The predicted molar refractivity (Wildman–Crippen MR) is 132 cm³/mol. The zero-order chi connectivity index (χ0) is 23.9. The van der Waals surface area contributed by atoms with Crippen LogP contribution < -0.4 is 10.6 Å². The summed E-state index contributed by atoms with van der Waals surface area (Å²) in [5, 5.41) is 10.4. The average molecular weight is 465 g/mol. The van der Waals surface area contributed by atoms with Gasteiger partial charge in [-0.2, -0.15) is 5.10 Å². The Morgan fingerprint density at radius 2 is 1.91 bits per heavy atom. The third kappa shape index (κ3) is 3.82. The van der Waals surface area contributed by atoms with Crippen molar-refractivity contribution in [1.82, 2.24) is 24.3 Å². The summed E-state index contributed by atoms with van der Waals surface area (Å²) in [6.45, 7) is 0.603. The van der Waals surface area contributed by atoms with Crippen molar-refractivity contribution in [1.29, 1.82) is 0 Å². The maximum atomic E-state index is 13.8. The zero-order valence-corrected chi connectivity index (χ0v) is 18.7. The average Bonchev–Trinajstić information content (AvgIpc) is 3.57. The van der Waals surface area contributed by atoms with E-state index in [0.29, 0.717) is 29.1 Å². The smallest absolute Gasteiger partial charge is 0.258 e. The Hall–Kier alpha value is -4.79. The highest BCUT2D eigenvalue weighted by Crippen LogP contribution is 2.38. The number of imidazole rings is 1. The molecule has 2 N–H and O–H groups in total. The van der Waals surface area contributed by atoms with Crippen LogP contribution in [0.5, 0.6) is 0 Å². The number of carbonyl (C=O) groups is 1. The predicted octanol–water partition coefficient (Wildman–Crippen LogP) is 4.28. The van der Waals surface area contributed by atoms with E-state index in [1.165, 1.54) is 18.5 Å². The summed E-state index contributed by atoms with van der Waals surface area (Å²) in [7, 11) is 1.93. The molecule has 0 radical (unpaired) electrons. The van der Waals surface area contributed by atoms with Gasteiger partial charge in [0.05, 0.1) is 40.9 Å². The van der Waals surface area contributed by atoms with Gasteiger partial charge in [0.2, 0.25) is 0 Å². The zero-order valence-electron chi connectivity index (χ0n) is 18.7. The summed E-state index contributed by atoms with van der Waals surface area (Å²) in [6, 6.07) is 18.1. The molecule has 0 spiro atoms. The lowest BCUT2D eigenvalue weighted by Crippen LogP contribution is -2.10. The molecule has 6 rings (SSSR count). The highest BCUT2D eigenvalue weighted by Gasteiger charge is 2.29. The van der Waals surface area contributed by atoms with Crippen molar-refractivity contribution in [2.24, 2.45) is 7.05 Å². The molecule has 0 saturated heterocycles. The van der Waals surface area contributed by atoms with Crippen molar-refractivity contribution in [3.05, 3.63) is 102 Å². The summed E-state index contributed by atoms with van der Waals surface area (Å²) in [5.41, 5.74) is 6.61. The van der Waals surface area contributed by atoms with Gasteiger partial charge >= 0.3 is 0 Å². The molecular weight excluding hydrogens is 445 g/mol. The van der Waals surface area contributed by atoms with Crippen molar-refractivity contribution in [3.63, 3.8) is 0 Å². The van der Waals surface area contributed by atoms with E-state index < -0.39 is 5.82 Å². The van der Waals surface area contributed by atoms with Gasteiger partial charge in [-0.25, -0.2) is 19.0 Å². The normalized spacial score (nSPS) is 14.2. The molecule has 35 heavy (non-hydrogen) atoms. The van der Waals surface area contributed by atoms with Crippen LogP contribution >= 0.6 is 0 Å². The Kier molecular flexibility index (Phi) is 4.88. The Labute approximate surface area is 199 Å². The second kappa shape index (κ2) is 8.21. The molecule has 9 heteroatoms. The second-order valence-corrected chi connectivity index (χ2v) is 8.37. The van der Waals surface area contributed by atoms with Crippen LogP contribution in [0, 0.1) is 5.82 Å². The number of anilines is 2. The first-order chi connectivity index (χ1) is 17.0. The number of aryl methyl sites for hydroxylation is 1. The largest absolute Gasteiger partial charge is 0.354 e. The summed E-state index contributed by atoms with van der Waals surface area (Å²) in [6.07, 6.45) is 4.92. The monoisotopic (exact) mass is 465 g/mol. The minimum atomic E-state index is -0.405. The minimum absolute atomic E-state index is 0.294. The highest BCUT2D eigenvalue weighted by molar-refractivity contribution is 6.37. The molecule has 172 valence electrons. The minimum Gasteiger partial charge on any atom is -0.354 e. The van der Waals surface area contributed by atoms with Gasteiger partial charge < -0.3 is 15.2 Å².